The van der Waals surface area contributed by atoms with Gasteiger partial charge in [0, 0.05) is 12.6 Å². The molecule has 2 aliphatic carbocycles. The van der Waals surface area contributed by atoms with E-state index in [1.54, 1.807) is 0 Å². The predicted molar refractivity (Wildman–Crippen MR) is 60.4 cm³/mol. The third-order valence-electron chi connectivity index (χ3n) is 3.37. The molecule has 1 unspecified atom stereocenters. The van der Waals surface area contributed by atoms with Crippen molar-refractivity contribution >= 4 is 5.97 Å². The van der Waals surface area contributed by atoms with Gasteiger partial charge in [-0.2, -0.15) is 0 Å². The SMILES string of the molecule is CCCOCC(NC1CC1)(C(=O)O)C1CC1. The van der Waals surface area contributed by atoms with E-state index >= 15 is 0 Å². The first-order valence-electron chi connectivity index (χ1n) is 6.28. The highest BCUT2D eigenvalue weighted by Crippen LogP contribution is 2.42. The van der Waals surface area contributed by atoms with E-state index in [1.807, 2.05) is 6.92 Å². The highest BCUT2D eigenvalue weighted by molar-refractivity contribution is 5.80. The summed E-state index contributed by atoms with van der Waals surface area (Å²) >= 11 is 0. The molecule has 0 amide bonds. The average molecular weight is 227 g/mol. The fraction of sp³-hybridized carbons (Fsp3) is 0.917. The molecule has 2 fully saturated rings. The predicted octanol–water partition coefficient (Wildman–Crippen LogP) is 1.40. The second kappa shape index (κ2) is 4.72. The fourth-order valence-electron chi connectivity index (χ4n) is 2.12. The van der Waals surface area contributed by atoms with Crippen molar-refractivity contribution in [3.8, 4) is 0 Å². The molecule has 0 radical (unpaired) electrons. The molecule has 4 heteroatoms. The Balaban J connectivity index is 1.98. The van der Waals surface area contributed by atoms with Crippen LogP contribution in [0.15, 0.2) is 0 Å². The number of carboxylic acids is 1. The monoisotopic (exact) mass is 227 g/mol. The molecule has 0 aromatic rings. The Morgan fingerprint density at radius 2 is 2.12 bits per heavy atom. The van der Waals surface area contributed by atoms with E-state index in [2.05, 4.69) is 5.32 Å². The maximum atomic E-state index is 11.5. The summed E-state index contributed by atoms with van der Waals surface area (Å²) in [7, 11) is 0. The molecular weight excluding hydrogens is 206 g/mol. The van der Waals surface area contributed by atoms with Crippen LogP contribution in [0.2, 0.25) is 0 Å². The van der Waals surface area contributed by atoms with Gasteiger partial charge in [-0.05, 0) is 38.0 Å². The van der Waals surface area contributed by atoms with Gasteiger partial charge in [-0.3, -0.25) is 10.1 Å². The van der Waals surface area contributed by atoms with Gasteiger partial charge in [0.2, 0.25) is 0 Å². The highest BCUT2D eigenvalue weighted by Gasteiger charge is 2.53. The summed E-state index contributed by atoms with van der Waals surface area (Å²) in [6.07, 6.45) is 5.18. The Bertz CT molecular complexity index is 261. The maximum Gasteiger partial charge on any atom is 0.326 e. The van der Waals surface area contributed by atoms with Crippen molar-refractivity contribution in [2.24, 2.45) is 5.92 Å². The van der Waals surface area contributed by atoms with Gasteiger partial charge in [-0.15, -0.1) is 0 Å². The Hall–Kier alpha value is -0.610. The Morgan fingerprint density at radius 1 is 1.44 bits per heavy atom. The zero-order valence-corrected chi connectivity index (χ0v) is 9.87. The number of aliphatic carboxylic acids is 1. The molecule has 16 heavy (non-hydrogen) atoms. The minimum absolute atomic E-state index is 0.266. The second-order valence-corrected chi connectivity index (χ2v) is 5.02. The standard InChI is InChI=1S/C12H21NO3/c1-2-7-16-8-12(11(14)15,9-3-4-9)13-10-5-6-10/h9-10,13H,2-8H2,1H3,(H,14,15). The van der Waals surface area contributed by atoms with Gasteiger partial charge in [0.25, 0.3) is 0 Å². The fourth-order valence-corrected chi connectivity index (χ4v) is 2.12. The number of hydrogen-bond donors (Lipinski definition) is 2. The number of ether oxygens (including phenoxy) is 1. The largest absolute Gasteiger partial charge is 0.480 e. The molecule has 0 saturated heterocycles. The minimum Gasteiger partial charge on any atom is -0.480 e. The average Bonchev–Trinajstić information content (AvgIpc) is 3.10. The first kappa shape index (κ1) is 11.9. The molecule has 0 aliphatic heterocycles. The van der Waals surface area contributed by atoms with Gasteiger partial charge >= 0.3 is 5.97 Å². The van der Waals surface area contributed by atoms with Crippen LogP contribution in [0.25, 0.3) is 0 Å². The van der Waals surface area contributed by atoms with Gasteiger partial charge < -0.3 is 9.84 Å². The molecule has 0 heterocycles. The third kappa shape index (κ3) is 2.55. The van der Waals surface area contributed by atoms with Crippen molar-refractivity contribution in [3.63, 3.8) is 0 Å². The normalized spacial score (nSPS) is 24.1. The van der Waals surface area contributed by atoms with Crippen molar-refractivity contribution < 1.29 is 14.6 Å². The van der Waals surface area contributed by atoms with Crippen molar-refractivity contribution in [2.75, 3.05) is 13.2 Å². The van der Waals surface area contributed by atoms with Crippen LogP contribution < -0.4 is 5.32 Å². The molecule has 4 nitrogen and oxygen atoms in total. The van der Waals surface area contributed by atoms with Crippen LogP contribution in [0, 0.1) is 5.92 Å². The summed E-state index contributed by atoms with van der Waals surface area (Å²) < 4.78 is 5.50. The molecule has 0 bridgehead atoms. The molecule has 2 rings (SSSR count). The van der Waals surface area contributed by atoms with E-state index in [9.17, 15) is 9.90 Å². The van der Waals surface area contributed by atoms with Gasteiger partial charge in [-0.1, -0.05) is 6.92 Å². The van der Waals surface area contributed by atoms with Gasteiger partial charge in [-0.25, -0.2) is 0 Å². The first-order chi connectivity index (χ1) is 7.69. The van der Waals surface area contributed by atoms with Crippen LogP contribution in [-0.2, 0) is 9.53 Å². The lowest BCUT2D eigenvalue weighted by molar-refractivity contribution is -0.149. The molecule has 2 saturated carbocycles. The number of hydrogen-bond acceptors (Lipinski definition) is 3. The Kier molecular flexibility index (Phi) is 3.50. The number of carboxylic acid groups (broad SMARTS) is 1. The first-order valence-corrected chi connectivity index (χ1v) is 6.28. The zero-order chi connectivity index (χ0) is 11.6. The quantitative estimate of drug-likeness (QED) is 0.615. The van der Waals surface area contributed by atoms with Gasteiger partial charge in [0.15, 0.2) is 0 Å². The molecular formula is C12H21NO3. The van der Waals surface area contributed by atoms with Crippen LogP contribution in [0.5, 0.6) is 0 Å². The van der Waals surface area contributed by atoms with Crippen LogP contribution in [0.4, 0.5) is 0 Å². The van der Waals surface area contributed by atoms with E-state index in [-0.39, 0.29) is 5.92 Å². The van der Waals surface area contributed by atoms with E-state index < -0.39 is 11.5 Å². The molecule has 2 N–H and O–H groups in total. The number of carbonyl (C=O) groups is 1. The van der Waals surface area contributed by atoms with Crippen LogP contribution in [-0.4, -0.2) is 35.9 Å². The molecule has 2 aliphatic rings. The summed E-state index contributed by atoms with van der Waals surface area (Å²) in [4.78, 5) is 11.5. The maximum absolute atomic E-state index is 11.5. The number of nitrogens with one attached hydrogen (secondary N) is 1. The van der Waals surface area contributed by atoms with Crippen LogP contribution in [0.3, 0.4) is 0 Å². The Labute approximate surface area is 96.4 Å². The van der Waals surface area contributed by atoms with Crippen molar-refractivity contribution in [3.05, 3.63) is 0 Å². The molecule has 1 atom stereocenters. The smallest absolute Gasteiger partial charge is 0.326 e. The molecule has 92 valence electrons. The summed E-state index contributed by atoms with van der Waals surface area (Å²) in [6.45, 7) is 3.00. The van der Waals surface area contributed by atoms with Crippen molar-refractivity contribution in [1.29, 1.82) is 0 Å². The summed E-state index contributed by atoms with van der Waals surface area (Å²) in [5.41, 5.74) is -0.809. The van der Waals surface area contributed by atoms with E-state index in [4.69, 9.17) is 4.74 Å². The van der Waals surface area contributed by atoms with Crippen molar-refractivity contribution in [1.82, 2.24) is 5.32 Å². The third-order valence-corrected chi connectivity index (χ3v) is 3.37. The molecule has 0 spiro atoms. The second-order valence-electron chi connectivity index (χ2n) is 5.02. The highest BCUT2D eigenvalue weighted by atomic mass is 16.5. The van der Waals surface area contributed by atoms with E-state index in [1.165, 1.54) is 0 Å². The zero-order valence-electron chi connectivity index (χ0n) is 9.87. The Morgan fingerprint density at radius 3 is 2.56 bits per heavy atom. The molecule has 0 aromatic heterocycles. The van der Waals surface area contributed by atoms with Crippen molar-refractivity contribution in [2.45, 2.75) is 50.6 Å². The minimum atomic E-state index is -0.809. The van der Waals surface area contributed by atoms with E-state index in [0.29, 0.717) is 19.3 Å². The van der Waals surface area contributed by atoms with Gasteiger partial charge in [0.1, 0.15) is 5.54 Å². The van der Waals surface area contributed by atoms with E-state index in [0.717, 1.165) is 32.1 Å². The lowest BCUT2D eigenvalue weighted by atomic mass is 9.94. The molecule has 0 aromatic carbocycles. The van der Waals surface area contributed by atoms with Crippen LogP contribution >= 0.6 is 0 Å². The van der Waals surface area contributed by atoms with Crippen LogP contribution in [0.1, 0.15) is 39.0 Å². The summed E-state index contributed by atoms with van der Waals surface area (Å²) in [5, 5.41) is 12.8. The lowest BCUT2D eigenvalue weighted by Crippen LogP contribution is -2.58. The summed E-state index contributed by atoms with van der Waals surface area (Å²) in [5.74, 6) is -0.472. The topological polar surface area (TPSA) is 58.6 Å². The van der Waals surface area contributed by atoms with Gasteiger partial charge in [0.05, 0.1) is 6.61 Å². The number of rotatable bonds is 8. The summed E-state index contributed by atoms with van der Waals surface area (Å²) in [6, 6.07) is 0.405. The lowest BCUT2D eigenvalue weighted by Gasteiger charge is -2.30.